The topological polar surface area (TPSA) is 129 Å². The van der Waals surface area contributed by atoms with E-state index in [9.17, 15) is 23.6 Å². The SMILES string of the molecule is Cc1c(F)cc(C(N)=O)cc1NC(=O)c1ccc2c(=O)n(C)c(=O)n(C)c2n1. The summed E-state index contributed by atoms with van der Waals surface area (Å²) in [4.78, 5) is 52.2. The number of halogens is 1. The van der Waals surface area contributed by atoms with E-state index in [-0.39, 0.29) is 33.5 Å². The van der Waals surface area contributed by atoms with E-state index in [0.717, 1.165) is 15.2 Å². The fourth-order valence-corrected chi connectivity index (χ4v) is 2.72. The van der Waals surface area contributed by atoms with Crippen LogP contribution in [0, 0.1) is 12.7 Å². The van der Waals surface area contributed by atoms with Gasteiger partial charge in [-0.05, 0) is 31.2 Å². The van der Waals surface area contributed by atoms with Crippen LogP contribution < -0.4 is 22.3 Å². The average molecular weight is 385 g/mol. The lowest BCUT2D eigenvalue weighted by atomic mass is 10.1. The van der Waals surface area contributed by atoms with E-state index in [4.69, 9.17) is 5.73 Å². The van der Waals surface area contributed by atoms with E-state index in [0.29, 0.717) is 0 Å². The number of nitrogens with two attached hydrogens (primary N) is 1. The van der Waals surface area contributed by atoms with Crippen LogP contribution in [-0.2, 0) is 14.1 Å². The van der Waals surface area contributed by atoms with Crippen LogP contribution in [0.15, 0.2) is 33.9 Å². The first-order valence-electron chi connectivity index (χ1n) is 8.10. The molecule has 3 N–H and O–H groups in total. The molecular weight excluding hydrogens is 369 g/mol. The van der Waals surface area contributed by atoms with E-state index in [1.165, 1.54) is 39.2 Å². The van der Waals surface area contributed by atoms with Crippen LogP contribution in [0.4, 0.5) is 10.1 Å². The first-order valence-corrected chi connectivity index (χ1v) is 8.10. The van der Waals surface area contributed by atoms with E-state index < -0.39 is 28.9 Å². The summed E-state index contributed by atoms with van der Waals surface area (Å²) in [6, 6.07) is 4.93. The van der Waals surface area contributed by atoms with Gasteiger partial charge < -0.3 is 11.1 Å². The number of carbonyl (C=O) groups is 2. The lowest BCUT2D eigenvalue weighted by Crippen LogP contribution is -2.37. The zero-order chi connectivity index (χ0) is 20.7. The Hall–Kier alpha value is -3.82. The predicted octanol–water partition coefficient (Wildman–Crippen LogP) is 0.431. The number of carbonyl (C=O) groups excluding carboxylic acids is 2. The van der Waals surface area contributed by atoms with Gasteiger partial charge in [0.05, 0.1) is 5.39 Å². The largest absolute Gasteiger partial charge is 0.366 e. The molecule has 28 heavy (non-hydrogen) atoms. The maximum Gasteiger partial charge on any atom is 0.332 e. The molecule has 0 saturated carbocycles. The Morgan fingerprint density at radius 2 is 1.82 bits per heavy atom. The van der Waals surface area contributed by atoms with Crippen molar-refractivity contribution in [1.82, 2.24) is 14.1 Å². The molecule has 9 nitrogen and oxygen atoms in total. The molecule has 0 aliphatic carbocycles. The standard InChI is InChI=1S/C18H16FN5O4/c1-8-11(19)6-9(14(20)25)7-13(8)22-16(26)12-5-4-10-15(21-12)23(2)18(28)24(3)17(10)27/h4-7H,1-3H3,(H2,20,25)(H,22,26). The third kappa shape index (κ3) is 3.04. The Labute approximate surface area is 157 Å². The molecule has 0 fully saturated rings. The number of anilines is 1. The first-order chi connectivity index (χ1) is 13.1. The molecule has 1 aromatic carbocycles. The second-order valence-electron chi connectivity index (χ2n) is 6.22. The molecule has 0 bridgehead atoms. The van der Waals surface area contributed by atoms with Gasteiger partial charge in [-0.2, -0.15) is 0 Å². The van der Waals surface area contributed by atoms with Crippen LogP contribution in [0.5, 0.6) is 0 Å². The highest BCUT2D eigenvalue weighted by Crippen LogP contribution is 2.21. The van der Waals surface area contributed by atoms with Crippen molar-refractivity contribution in [3.05, 3.63) is 67.7 Å². The van der Waals surface area contributed by atoms with Gasteiger partial charge in [-0.1, -0.05) is 0 Å². The number of nitrogens with zero attached hydrogens (tertiary/aromatic N) is 3. The molecule has 0 unspecified atom stereocenters. The first kappa shape index (κ1) is 19.0. The number of amides is 2. The molecule has 10 heteroatoms. The maximum atomic E-state index is 14.0. The second-order valence-corrected chi connectivity index (χ2v) is 6.22. The minimum atomic E-state index is -0.843. The number of hydrogen-bond donors (Lipinski definition) is 2. The summed E-state index contributed by atoms with van der Waals surface area (Å²) >= 11 is 0. The second kappa shape index (κ2) is 6.72. The van der Waals surface area contributed by atoms with Gasteiger partial charge in [0.2, 0.25) is 5.91 Å². The van der Waals surface area contributed by atoms with Crippen molar-refractivity contribution in [3.8, 4) is 0 Å². The fourth-order valence-electron chi connectivity index (χ4n) is 2.72. The van der Waals surface area contributed by atoms with Crippen molar-refractivity contribution in [2.75, 3.05) is 5.32 Å². The van der Waals surface area contributed by atoms with Crippen LogP contribution in [0.25, 0.3) is 11.0 Å². The quantitative estimate of drug-likeness (QED) is 0.675. The van der Waals surface area contributed by atoms with Gasteiger partial charge in [0.1, 0.15) is 17.2 Å². The number of primary amides is 1. The van der Waals surface area contributed by atoms with E-state index in [2.05, 4.69) is 10.3 Å². The summed E-state index contributed by atoms with van der Waals surface area (Å²) in [6.45, 7) is 1.43. The molecule has 2 aromatic heterocycles. The molecule has 3 aromatic rings. The molecule has 2 amide bonds. The Bertz CT molecular complexity index is 1280. The molecule has 3 rings (SSSR count). The number of nitrogens with one attached hydrogen (secondary N) is 1. The number of fused-ring (bicyclic) bond motifs is 1. The van der Waals surface area contributed by atoms with Crippen LogP contribution in [0.1, 0.15) is 26.4 Å². The third-order valence-electron chi connectivity index (χ3n) is 4.41. The Balaban J connectivity index is 2.07. The summed E-state index contributed by atoms with van der Waals surface area (Å²) in [7, 11) is 2.77. The van der Waals surface area contributed by atoms with Gasteiger partial charge in [-0.25, -0.2) is 14.2 Å². The highest BCUT2D eigenvalue weighted by Gasteiger charge is 2.17. The van der Waals surface area contributed by atoms with Gasteiger partial charge in [-0.3, -0.25) is 23.5 Å². The van der Waals surface area contributed by atoms with Crippen molar-refractivity contribution in [2.24, 2.45) is 19.8 Å². The van der Waals surface area contributed by atoms with Gasteiger partial charge in [0.15, 0.2) is 0 Å². The molecule has 0 spiro atoms. The van der Waals surface area contributed by atoms with Crippen molar-refractivity contribution in [1.29, 1.82) is 0 Å². The Kier molecular flexibility index (Phi) is 4.55. The molecule has 0 atom stereocenters. The minimum absolute atomic E-state index is 0.0366. The zero-order valence-electron chi connectivity index (χ0n) is 15.2. The smallest absolute Gasteiger partial charge is 0.332 e. The van der Waals surface area contributed by atoms with Crippen molar-refractivity contribution >= 4 is 28.5 Å². The highest BCUT2D eigenvalue weighted by molar-refractivity contribution is 6.05. The molecule has 0 radical (unpaired) electrons. The third-order valence-corrected chi connectivity index (χ3v) is 4.41. The van der Waals surface area contributed by atoms with Crippen molar-refractivity contribution < 1.29 is 14.0 Å². The number of hydrogen-bond acceptors (Lipinski definition) is 5. The number of pyridine rings is 1. The number of rotatable bonds is 3. The van der Waals surface area contributed by atoms with Crippen molar-refractivity contribution in [3.63, 3.8) is 0 Å². The summed E-state index contributed by atoms with van der Waals surface area (Å²) < 4.78 is 16.1. The van der Waals surface area contributed by atoms with Gasteiger partial charge in [-0.15, -0.1) is 0 Å². The zero-order valence-corrected chi connectivity index (χ0v) is 15.2. The number of aromatic nitrogens is 3. The molecule has 0 aliphatic heterocycles. The average Bonchev–Trinajstić information content (AvgIpc) is 2.67. The fraction of sp³-hybridized carbons (Fsp3) is 0.167. The normalized spacial score (nSPS) is 10.9. The van der Waals surface area contributed by atoms with Gasteiger partial charge in [0.25, 0.3) is 11.5 Å². The Morgan fingerprint density at radius 1 is 1.14 bits per heavy atom. The van der Waals surface area contributed by atoms with Crippen LogP contribution in [0.2, 0.25) is 0 Å². The minimum Gasteiger partial charge on any atom is -0.366 e. The Morgan fingerprint density at radius 3 is 2.46 bits per heavy atom. The predicted molar refractivity (Wildman–Crippen MR) is 99.8 cm³/mol. The monoisotopic (exact) mass is 385 g/mol. The molecule has 2 heterocycles. The van der Waals surface area contributed by atoms with Crippen LogP contribution in [-0.4, -0.2) is 25.9 Å². The lowest BCUT2D eigenvalue weighted by Gasteiger charge is -2.11. The highest BCUT2D eigenvalue weighted by atomic mass is 19.1. The van der Waals surface area contributed by atoms with E-state index >= 15 is 0 Å². The maximum absolute atomic E-state index is 14.0. The summed E-state index contributed by atoms with van der Waals surface area (Å²) in [5.74, 6) is -2.26. The number of aryl methyl sites for hydroxylation is 1. The molecule has 0 aliphatic rings. The van der Waals surface area contributed by atoms with E-state index in [1.54, 1.807) is 0 Å². The summed E-state index contributed by atoms with van der Waals surface area (Å²) in [5, 5.41) is 2.63. The molecule has 0 saturated heterocycles. The molecular formula is C18H16FN5O4. The van der Waals surface area contributed by atoms with Crippen LogP contribution >= 0.6 is 0 Å². The van der Waals surface area contributed by atoms with Crippen molar-refractivity contribution in [2.45, 2.75) is 6.92 Å². The lowest BCUT2D eigenvalue weighted by molar-refractivity contribution is 0.0995. The molecule has 144 valence electrons. The number of benzene rings is 1. The van der Waals surface area contributed by atoms with Gasteiger partial charge >= 0.3 is 5.69 Å². The van der Waals surface area contributed by atoms with E-state index in [1.807, 2.05) is 0 Å². The summed E-state index contributed by atoms with van der Waals surface area (Å²) in [6.07, 6.45) is 0. The van der Waals surface area contributed by atoms with Crippen LogP contribution in [0.3, 0.4) is 0 Å². The van der Waals surface area contributed by atoms with Gasteiger partial charge in [0, 0.05) is 30.9 Å². The summed E-state index contributed by atoms with van der Waals surface area (Å²) in [5.41, 5.74) is 4.05.